The van der Waals surface area contributed by atoms with E-state index in [0.29, 0.717) is 47.2 Å². The van der Waals surface area contributed by atoms with Crippen molar-refractivity contribution in [1.29, 1.82) is 0 Å². The highest BCUT2D eigenvalue weighted by molar-refractivity contribution is 9.10. The highest BCUT2D eigenvalue weighted by Gasteiger charge is 2.37. The number of ether oxygens (including phenoxy) is 1. The summed E-state index contributed by atoms with van der Waals surface area (Å²) >= 11 is 9.68. The zero-order chi connectivity index (χ0) is 26.4. The van der Waals surface area contributed by atoms with E-state index in [-0.39, 0.29) is 11.8 Å². The van der Waals surface area contributed by atoms with Crippen LogP contribution in [0, 0.1) is 12.9 Å². The summed E-state index contributed by atoms with van der Waals surface area (Å²) in [4.78, 5) is 19.6. The number of pyridine rings is 1. The molecule has 1 amide bonds. The van der Waals surface area contributed by atoms with Crippen molar-refractivity contribution in [3.05, 3.63) is 86.4 Å². The Morgan fingerprint density at radius 1 is 1.26 bits per heavy atom. The van der Waals surface area contributed by atoms with Crippen molar-refractivity contribution >= 4 is 33.4 Å². The zero-order valence-electron chi connectivity index (χ0n) is 20.5. The molecule has 0 radical (unpaired) electrons. The number of halogens is 3. The van der Waals surface area contributed by atoms with Gasteiger partial charge >= 0.3 is 0 Å². The van der Waals surface area contributed by atoms with Crippen molar-refractivity contribution in [3.63, 3.8) is 0 Å². The highest BCUT2D eigenvalue weighted by atomic mass is 79.9. The Morgan fingerprint density at radius 2 is 2.11 bits per heavy atom. The summed E-state index contributed by atoms with van der Waals surface area (Å²) in [5.74, 6) is -0.392. The molecule has 0 bridgehead atoms. The monoisotopic (exact) mass is 599 g/mol. The van der Waals surface area contributed by atoms with Gasteiger partial charge in [-0.1, -0.05) is 22.9 Å². The number of carbonyl (C=O) groups excluding carboxylic acids is 1. The average molecular weight is 601 g/mol. The maximum Gasteiger partial charge on any atom is 0.258 e. The SMILES string of the molecule is Cc1ccc(-n2ncc(C(=O)N3CCOCC3c3cn(Cc4ccc(F)nc4Br)nn3)c2C2CC2)cc1Cl. The molecule has 1 saturated carbocycles. The molecule has 1 unspecified atom stereocenters. The van der Waals surface area contributed by atoms with E-state index in [2.05, 4.69) is 36.3 Å². The van der Waals surface area contributed by atoms with Gasteiger partial charge in [-0.05, 0) is 65.5 Å². The van der Waals surface area contributed by atoms with E-state index >= 15 is 0 Å². The number of hydrogen-bond acceptors (Lipinski definition) is 6. The summed E-state index contributed by atoms with van der Waals surface area (Å²) in [5.41, 5.74) is 4.70. The third kappa shape index (κ3) is 4.85. The van der Waals surface area contributed by atoms with Crippen molar-refractivity contribution in [1.82, 2.24) is 34.7 Å². The Bertz CT molecular complexity index is 1520. The van der Waals surface area contributed by atoms with E-state index in [1.807, 2.05) is 29.8 Å². The van der Waals surface area contributed by atoms with Gasteiger partial charge in [0.25, 0.3) is 5.91 Å². The second-order valence-corrected chi connectivity index (χ2v) is 10.7. The number of aromatic nitrogens is 6. The minimum atomic E-state index is -0.562. The largest absolute Gasteiger partial charge is 0.377 e. The molecule has 2 fully saturated rings. The molecule has 9 nitrogen and oxygen atoms in total. The van der Waals surface area contributed by atoms with Crippen molar-refractivity contribution in [3.8, 4) is 5.69 Å². The van der Waals surface area contributed by atoms with E-state index in [4.69, 9.17) is 16.3 Å². The molecule has 12 heteroatoms. The van der Waals surface area contributed by atoms with E-state index in [9.17, 15) is 9.18 Å². The van der Waals surface area contributed by atoms with Gasteiger partial charge in [-0.3, -0.25) is 4.79 Å². The smallest absolute Gasteiger partial charge is 0.258 e. The number of carbonyl (C=O) groups is 1. The van der Waals surface area contributed by atoms with Crippen molar-refractivity contribution in [2.45, 2.75) is 38.3 Å². The zero-order valence-corrected chi connectivity index (χ0v) is 22.9. The number of rotatable bonds is 6. The number of aryl methyl sites for hydroxylation is 1. The van der Waals surface area contributed by atoms with Crippen LogP contribution in [0.5, 0.6) is 0 Å². The van der Waals surface area contributed by atoms with Crippen LogP contribution in [-0.4, -0.2) is 60.3 Å². The van der Waals surface area contributed by atoms with Gasteiger partial charge < -0.3 is 9.64 Å². The first-order valence-electron chi connectivity index (χ1n) is 12.3. The lowest BCUT2D eigenvalue weighted by Gasteiger charge is -2.34. The molecule has 4 aromatic rings. The van der Waals surface area contributed by atoms with Gasteiger partial charge in [-0.15, -0.1) is 5.10 Å². The minimum absolute atomic E-state index is 0.107. The number of hydrogen-bond donors (Lipinski definition) is 0. The Morgan fingerprint density at radius 3 is 2.87 bits per heavy atom. The van der Waals surface area contributed by atoms with E-state index < -0.39 is 12.0 Å². The number of morpholine rings is 1. The van der Waals surface area contributed by atoms with Gasteiger partial charge in [0.05, 0.1) is 49.1 Å². The fraction of sp³-hybridized carbons (Fsp3) is 0.346. The van der Waals surface area contributed by atoms with Crippen LogP contribution in [-0.2, 0) is 11.3 Å². The van der Waals surface area contributed by atoms with Crippen LogP contribution in [0.3, 0.4) is 0 Å². The molecule has 1 aromatic carbocycles. The summed E-state index contributed by atoms with van der Waals surface area (Å²) in [5, 5.41) is 13.8. The van der Waals surface area contributed by atoms with Crippen LogP contribution in [0.15, 0.2) is 47.3 Å². The number of benzene rings is 1. The molecule has 1 aliphatic heterocycles. The van der Waals surface area contributed by atoms with Gasteiger partial charge in [-0.2, -0.15) is 9.49 Å². The summed E-state index contributed by atoms with van der Waals surface area (Å²) in [6.45, 7) is 3.48. The topological polar surface area (TPSA) is 91.0 Å². The fourth-order valence-electron chi connectivity index (χ4n) is 4.71. The predicted octanol–water partition coefficient (Wildman–Crippen LogP) is 4.86. The van der Waals surface area contributed by atoms with Crippen LogP contribution in [0.2, 0.25) is 5.02 Å². The molecule has 0 N–H and O–H groups in total. The lowest BCUT2D eigenvalue weighted by Crippen LogP contribution is -2.43. The van der Waals surface area contributed by atoms with Crippen LogP contribution >= 0.6 is 27.5 Å². The number of nitrogens with zero attached hydrogens (tertiary/aromatic N) is 7. The molecule has 0 spiro atoms. The summed E-state index contributed by atoms with van der Waals surface area (Å²) in [6, 6.07) is 8.36. The Hall–Kier alpha value is -3.15. The molecule has 1 atom stereocenters. The molecular weight excluding hydrogens is 577 g/mol. The molecule has 1 saturated heterocycles. The maximum absolute atomic E-state index is 14.0. The highest BCUT2D eigenvalue weighted by Crippen LogP contribution is 2.43. The molecule has 6 rings (SSSR count). The summed E-state index contributed by atoms with van der Waals surface area (Å²) < 4.78 is 23.0. The molecule has 3 aromatic heterocycles. The summed E-state index contributed by atoms with van der Waals surface area (Å²) in [7, 11) is 0. The lowest BCUT2D eigenvalue weighted by atomic mass is 10.1. The van der Waals surface area contributed by atoms with Gasteiger partial charge in [0.15, 0.2) is 0 Å². The molecule has 38 heavy (non-hydrogen) atoms. The first-order valence-corrected chi connectivity index (χ1v) is 13.5. The molecular formula is C26H24BrClFN7O2. The van der Waals surface area contributed by atoms with Gasteiger partial charge in [0.2, 0.25) is 5.95 Å². The van der Waals surface area contributed by atoms with Crippen LogP contribution in [0.1, 0.15) is 57.7 Å². The Kier molecular flexibility index (Phi) is 6.75. The van der Waals surface area contributed by atoms with E-state index in [1.54, 1.807) is 28.0 Å². The quantitative estimate of drug-likeness (QED) is 0.294. The first kappa shape index (κ1) is 25.1. The van der Waals surface area contributed by atoms with Gasteiger partial charge in [0.1, 0.15) is 16.3 Å². The second-order valence-electron chi connectivity index (χ2n) is 9.58. The van der Waals surface area contributed by atoms with E-state index in [0.717, 1.165) is 35.3 Å². The standard InChI is InChI=1S/C26H24BrClFN7O2/c1-15-2-6-18(10-20(15)28)36-24(16-3-4-16)19(11-30-36)26(37)35-8-9-38-14-22(35)21-13-34(33-32-21)12-17-5-7-23(29)31-25(17)27/h2,5-7,10-11,13,16,22H,3-4,8-9,12,14H2,1H3. The summed E-state index contributed by atoms with van der Waals surface area (Å²) in [6.07, 6.45) is 5.47. The van der Waals surface area contributed by atoms with Crippen molar-refractivity contribution in [2.75, 3.05) is 19.8 Å². The molecule has 196 valence electrons. The maximum atomic E-state index is 14.0. The minimum Gasteiger partial charge on any atom is -0.377 e. The lowest BCUT2D eigenvalue weighted by molar-refractivity contribution is -0.00399. The van der Waals surface area contributed by atoms with Crippen LogP contribution in [0.4, 0.5) is 4.39 Å². The van der Waals surface area contributed by atoms with Gasteiger partial charge in [0, 0.05) is 23.0 Å². The first-order chi connectivity index (χ1) is 18.4. The van der Waals surface area contributed by atoms with Gasteiger partial charge in [-0.25, -0.2) is 14.3 Å². The van der Waals surface area contributed by atoms with Crippen LogP contribution in [0.25, 0.3) is 5.69 Å². The molecule has 2 aliphatic rings. The van der Waals surface area contributed by atoms with Crippen molar-refractivity contribution in [2.24, 2.45) is 0 Å². The Labute approximate surface area is 231 Å². The molecule has 4 heterocycles. The average Bonchev–Trinajstić information content (AvgIpc) is 3.48. The third-order valence-electron chi connectivity index (χ3n) is 6.91. The Balaban J connectivity index is 1.28. The predicted molar refractivity (Wildman–Crippen MR) is 141 cm³/mol. The second kappa shape index (κ2) is 10.2. The van der Waals surface area contributed by atoms with Crippen LogP contribution < -0.4 is 0 Å². The molecule has 1 aliphatic carbocycles. The normalized spacial score (nSPS) is 17.7. The fourth-order valence-corrected chi connectivity index (χ4v) is 5.32. The van der Waals surface area contributed by atoms with Crippen molar-refractivity contribution < 1.29 is 13.9 Å². The number of amides is 1. The van der Waals surface area contributed by atoms with E-state index in [1.165, 1.54) is 6.07 Å². The third-order valence-corrected chi connectivity index (χ3v) is 8.01.